The number of aromatic nitrogens is 4. The van der Waals surface area contributed by atoms with Crippen molar-refractivity contribution in [1.82, 2.24) is 24.9 Å². The fraction of sp³-hybridized carbons (Fsp3) is 0.333. The monoisotopic (exact) mass is 363 g/mol. The van der Waals surface area contributed by atoms with Gasteiger partial charge in [0.05, 0.1) is 12.2 Å². The standard InChI is InChI=1S/C21H25N5O/c1-4-16(2)25(14-19-10-12-22-13-11-19)21(27)20-17(3)26(24-23-20)15-18-8-6-5-7-9-18/h5-13,16H,4,14-15H2,1-3H3/t16-/m1/s1. The second-order valence-electron chi connectivity index (χ2n) is 6.71. The zero-order valence-electron chi connectivity index (χ0n) is 16.0. The summed E-state index contributed by atoms with van der Waals surface area (Å²) in [5.74, 6) is -0.0852. The van der Waals surface area contributed by atoms with E-state index in [1.807, 2.05) is 54.3 Å². The summed E-state index contributed by atoms with van der Waals surface area (Å²) in [6, 6.07) is 14.0. The van der Waals surface area contributed by atoms with Crippen LogP contribution in [-0.4, -0.2) is 36.8 Å². The van der Waals surface area contributed by atoms with E-state index in [1.165, 1.54) is 0 Å². The van der Waals surface area contributed by atoms with Gasteiger partial charge in [-0.1, -0.05) is 42.5 Å². The number of rotatable bonds is 7. The number of carbonyl (C=O) groups is 1. The Morgan fingerprint density at radius 3 is 2.48 bits per heavy atom. The highest BCUT2D eigenvalue weighted by molar-refractivity contribution is 5.93. The van der Waals surface area contributed by atoms with Crippen molar-refractivity contribution in [3.05, 3.63) is 77.4 Å². The van der Waals surface area contributed by atoms with Crippen LogP contribution in [0.2, 0.25) is 0 Å². The predicted octanol–water partition coefficient (Wildman–Crippen LogP) is 3.47. The van der Waals surface area contributed by atoms with Crippen LogP contribution in [0.15, 0.2) is 54.9 Å². The molecule has 0 radical (unpaired) electrons. The molecule has 27 heavy (non-hydrogen) atoms. The second kappa shape index (κ2) is 8.58. The molecule has 0 aliphatic rings. The number of hydrogen-bond donors (Lipinski definition) is 0. The first-order valence-corrected chi connectivity index (χ1v) is 9.24. The van der Waals surface area contributed by atoms with Gasteiger partial charge in [0.25, 0.3) is 5.91 Å². The number of benzene rings is 1. The Bertz CT molecular complexity index is 876. The van der Waals surface area contributed by atoms with E-state index in [0.29, 0.717) is 18.8 Å². The summed E-state index contributed by atoms with van der Waals surface area (Å²) in [6.45, 7) is 7.17. The van der Waals surface area contributed by atoms with Gasteiger partial charge in [0, 0.05) is 25.0 Å². The van der Waals surface area contributed by atoms with Crippen molar-refractivity contribution >= 4 is 5.91 Å². The zero-order valence-corrected chi connectivity index (χ0v) is 16.0. The van der Waals surface area contributed by atoms with Crippen molar-refractivity contribution in [1.29, 1.82) is 0 Å². The molecule has 1 amide bonds. The third-order valence-electron chi connectivity index (χ3n) is 4.85. The molecule has 6 nitrogen and oxygen atoms in total. The van der Waals surface area contributed by atoms with E-state index in [-0.39, 0.29) is 11.9 Å². The lowest BCUT2D eigenvalue weighted by Gasteiger charge is -2.28. The first kappa shape index (κ1) is 18.8. The smallest absolute Gasteiger partial charge is 0.276 e. The molecule has 1 atom stereocenters. The molecule has 0 fully saturated rings. The lowest BCUT2D eigenvalue weighted by atomic mass is 10.1. The van der Waals surface area contributed by atoms with E-state index < -0.39 is 0 Å². The maximum Gasteiger partial charge on any atom is 0.276 e. The average Bonchev–Trinajstić information content (AvgIpc) is 3.07. The Kier molecular flexibility index (Phi) is 5.96. The minimum absolute atomic E-state index is 0.0852. The third-order valence-corrected chi connectivity index (χ3v) is 4.85. The molecule has 0 aliphatic carbocycles. The molecule has 0 N–H and O–H groups in total. The fourth-order valence-corrected chi connectivity index (χ4v) is 2.93. The van der Waals surface area contributed by atoms with Crippen molar-refractivity contribution < 1.29 is 4.79 Å². The molecule has 3 aromatic rings. The Morgan fingerprint density at radius 1 is 1.11 bits per heavy atom. The summed E-state index contributed by atoms with van der Waals surface area (Å²) < 4.78 is 1.78. The van der Waals surface area contributed by atoms with Crippen LogP contribution in [0, 0.1) is 6.92 Å². The molecular weight excluding hydrogens is 338 g/mol. The van der Waals surface area contributed by atoms with E-state index in [9.17, 15) is 4.79 Å². The van der Waals surface area contributed by atoms with Gasteiger partial charge in [0.1, 0.15) is 0 Å². The normalized spacial score (nSPS) is 12.0. The Morgan fingerprint density at radius 2 is 1.81 bits per heavy atom. The van der Waals surface area contributed by atoms with E-state index in [0.717, 1.165) is 23.2 Å². The zero-order chi connectivity index (χ0) is 19.2. The Labute approximate surface area is 159 Å². The quantitative estimate of drug-likeness (QED) is 0.645. The maximum absolute atomic E-state index is 13.2. The summed E-state index contributed by atoms with van der Waals surface area (Å²) in [6.07, 6.45) is 4.36. The molecule has 0 spiro atoms. The molecule has 3 rings (SSSR count). The molecule has 2 heterocycles. The van der Waals surface area contributed by atoms with Gasteiger partial charge < -0.3 is 4.90 Å². The molecule has 6 heteroatoms. The highest BCUT2D eigenvalue weighted by Gasteiger charge is 2.26. The SMILES string of the molecule is CC[C@@H](C)N(Cc1ccncc1)C(=O)c1nnn(Cc2ccccc2)c1C. The van der Waals surface area contributed by atoms with Crippen molar-refractivity contribution in [3.63, 3.8) is 0 Å². The number of nitrogens with zero attached hydrogens (tertiary/aromatic N) is 5. The lowest BCUT2D eigenvalue weighted by Crippen LogP contribution is -2.38. The highest BCUT2D eigenvalue weighted by atomic mass is 16.2. The number of pyridine rings is 1. The third kappa shape index (κ3) is 4.39. The van der Waals surface area contributed by atoms with Crippen molar-refractivity contribution in [2.45, 2.75) is 46.3 Å². The van der Waals surface area contributed by atoms with Gasteiger partial charge in [0.15, 0.2) is 5.69 Å². The number of carbonyl (C=O) groups excluding carboxylic acids is 1. The van der Waals surface area contributed by atoms with Gasteiger partial charge in [0.2, 0.25) is 0 Å². The lowest BCUT2D eigenvalue weighted by molar-refractivity contribution is 0.0664. The number of hydrogen-bond acceptors (Lipinski definition) is 4. The van der Waals surface area contributed by atoms with Gasteiger partial charge in [-0.05, 0) is 43.5 Å². The van der Waals surface area contributed by atoms with Crippen LogP contribution >= 0.6 is 0 Å². The van der Waals surface area contributed by atoms with E-state index in [4.69, 9.17) is 0 Å². The van der Waals surface area contributed by atoms with Gasteiger partial charge in [-0.25, -0.2) is 4.68 Å². The first-order chi connectivity index (χ1) is 13.1. The van der Waals surface area contributed by atoms with Crippen LogP contribution in [0.25, 0.3) is 0 Å². The molecule has 0 saturated carbocycles. The van der Waals surface area contributed by atoms with Crippen LogP contribution in [0.4, 0.5) is 0 Å². The van der Waals surface area contributed by atoms with Crippen molar-refractivity contribution in [2.75, 3.05) is 0 Å². The minimum atomic E-state index is -0.0852. The molecule has 0 bridgehead atoms. The second-order valence-corrected chi connectivity index (χ2v) is 6.71. The van der Waals surface area contributed by atoms with Crippen molar-refractivity contribution in [2.24, 2.45) is 0 Å². The van der Waals surface area contributed by atoms with E-state index >= 15 is 0 Å². The molecule has 1 aromatic carbocycles. The topological polar surface area (TPSA) is 63.9 Å². The summed E-state index contributed by atoms with van der Waals surface area (Å²) in [4.78, 5) is 19.1. The minimum Gasteiger partial charge on any atom is -0.330 e. The Hall–Kier alpha value is -3.02. The fourth-order valence-electron chi connectivity index (χ4n) is 2.93. The van der Waals surface area contributed by atoms with Gasteiger partial charge >= 0.3 is 0 Å². The first-order valence-electron chi connectivity index (χ1n) is 9.24. The Balaban J connectivity index is 1.83. The van der Waals surface area contributed by atoms with Crippen molar-refractivity contribution in [3.8, 4) is 0 Å². The van der Waals surface area contributed by atoms with Gasteiger partial charge in [-0.3, -0.25) is 9.78 Å². The van der Waals surface area contributed by atoms with Crippen LogP contribution in [0.5, 0.6) is 0 Å². The molecule has 2 aromatic heterocycles. The highest BCUT2D eigenvalue weighted by Crippen LogP contribution is 2.16. The van der Waals surface area contributed by atoms with Crippen LogP contribution in [0.1, 0.15) is 47.6 Å². The molecule has 0 aliphatic heterocycles. The van der Waals surface area contributed by atoms with Gasteiger partial charge in [-0.2, -0.15) is 0 Å². The van der Waals surface area contributed by atoms with E-state index in [1.54, 1.807) is 17.1 Å². The molecule has 140 valence electrons. The number of amides is 1. The average molecular weight is 363 g/mol. The summed E-state index contributed by atoms with van der Waals surface area (Å²) in [7, 11) is 0. The van der Waals surface area contributed by atoms with Crippen LogP contribution in [-0.2, 0) is 13.1 Å². The summed E-state index contributed by atoms with van der Waals surface area (Å²) in [5.41, 5.74) is 3.38. The van der Waals surface area contributed by atoms with Crippen LogP contribution in [0.3, 0.4) is 0 Å². The molecule has 0 unspecified atom stereocenters. The predicted molar refractivity (Wildman–Crippen MR) is 104 cm³/mol. The molecular formula is C21H25N5O. The summed E-state index contributed by atoms with van der Waals surface area (Å²) >= 11 is 0. The summed E-state index contributed by atoms with van der Waals surface area (Å²) in [5, 5.41) is 8.42. The largest absolute Gasteiger partial charge is 0.330 e. The van der Waals surface area contributed by atoms with E-state index in [2.05, 4.69) is 29.1 Å². The maximum atomic E-state index is 13.2. The van der Waals surface area contributed by atoms with Gasteiger partial charge in [-0.15, -0.1) is 5.10 Å². The van der Waals surface area contributed by atoms with Crippen LogP contribution < -0.4 is 0 Å². The molecule has 0 saturated heterocycles.